The average molecular weight is 406 g/mol. The van der Waals surface area contributed by atoms with E-state index in [1.165, 1.54) is 0 Å². The van der Waals surface area contributed by atoms with Crippen molar-refractivity contribution in [3.05, 3.63) is 41.4 Å². The van der Waals surface area contributed by atoms with Gasteiger partial charge in [-0.3, -0.25) is 0 Å². The predicted molar refractivity (Wildman–Crippen MR) is 109 cm³/mol. The molecule has 0 amide bonds. The van der Waals surface area contributed by atoms with Crippen molar-refractivity contribution < 1.29 is 4.74 Å². The van der Waals surface area contributed by atoms with E-state index in [2.05, 4.69) is 31.2 Å². The molecule has 1 saturated heterocycles. The number of thiazole rings is 1. The Kier molecular flexibility index (Phi) is 6.00. The minimum Gasteiger partial charge on any atom is -0.376 e. The molecule has 1 unspecified atom stereocenters. The van der Waals surface area contributed by atoms with Crippen molar-refractivity contribution in [1.82, 2.24) is 15.2 Å². The minimum absolute atomic E-state index is 0.306. The largest absolute Gasteiger partial charge is 0.376 e. The van der Waals surface area contributed by atoms with Gasteiger partial charge in [0.25, 0.3) is 0 Å². The monoisotopic (exact) mass is 405 g/mol. The van der Waals surface area contributed by atoms with Gasteiger partial charge in [-0.2, -0.15) is 0 Å². The summed E-state index contributed by atoms with van der Waals surface area (Å²) in [7, 11) is 0. The first kappa shape index (κ1) is 17.7. The number of ether oxygens (including phenoxy) is 1. The third kappa shape index (κ3) is 4.94. The van der Waals surface area contributed by atoms with Crippen molar-refractivity contribution in [3.63, 3.8) is 0 Å². The molecule has 1 fully saturated rings. The van der Waals surface area contributed by atoms with Crippen LogP contribution in [0.3, 0.4) is 0 Å². The van der Waals surface area contributed by atoms with E-state index >= 15 is 0 Å². The van der Waals surface area contributed by atoms with Gasteiger partial charge in [0, 0.05) is 30.0 Å². The Morgan fingerprint density at radius 3 is 2.96 bits per heavy atom. The topological polar surface area (TPSA) is 72.0 Å². The lowest BCUT2D eigenvalue weighted by Gasteiger charge is -2.08. The first-order valence-electron chi connectivity index (χ1n) is 8.43. The lowest BCUT2D eigenvalue weighted by atomic mass is 10.2. The number of para-hydroxylation sites is 1. The highest BCUT2D eigenvalue weighted by Crippen LogP contribution is 2.30. The van der Waals surface area contributed by atoms with Gasteiger partial charge in [0.2, 0.25) is 5.13 Å². The molecule has 1 aliphatic rings. The highest BCUT2D eigenvalue weighted by molar-refractivity contribution is 8.00. The molecular formula is C17H19N5OS3. The zero-order valence-electron chi connectivity index (χ0n) is 14.1. The van der Waals surface area contributed by atoms with Gasteiger partial charge in [0.05, 0.1) is 11.8 Å². The van der Waals surface area contributed by atoms with E-state index in [1.54, 1.807) is 34.4 Å². The summed E-state index contributed by atoms with van der Waals surface area (Å²) >= 11 is 4.85. The lowest BCUT2D eigenvalue weighted by molar-refractivity contribution is 0.120. The van der Waals surface area contributed by atoms with Crippen LogP contribution in [0, 0.1) is 0 Å². The average Bonchev–Trinajstić information content (AvgIpc) is 3.41. The fourth-order valence-electron chi connectivity index (χ4n) is 2.56. The summed E-state index contributed by atoms with van der Waals surface area (Å²) in [5.41, 5.74) is 2.09. The van der Waals surface area contributed by atoms with Gasteiger partial charge >= 0.3 is 0 Å². The molecule has 0 radical (unpaired) electrons. The summed E-state index contributed by atoms with van der Waals surface area (Å²) in [6.45, 7) is 1.68. The summed E-state index contributed by atoms with van der Waals surface area (Å²) in [5, 5.41) is 18.9. The molecule has 1 atom stereocenters. The molecule has 26 heavy (non-hydrogen) atoms. The number of hydrogen-bond acceptors (Lipinski definition) is 9. The zero-order valence-corrected chi connectivity index (χ0v) is 16.5. The van der Waals surface area contributed by atoms with Crippen molar-refractivity contribution in [2.24, 2.45) is 0 Å². The van der Waals surface area contributed by atoms with Crippen LogP contribution >= 0.6 is 34.4 Å². The third-order valence-corrected chi connectivity index (χ3v) is 6.69. The van der Waals surface area contributed by atoms with Crippen molar-refractivity contribution in [1.29, 1.82) is 0 Å². The van der Waals surface area contributed by atoms with E-state index in [1.807, 2.05) is 30.3 Å². The van der Waals surface area contributed by atoms with Crippen molar-refractivity contribution in [2.45, 2.75) is 29.0 Å². The predicted octanol–water partition coefficient (Wildman–Crippen LogP) is 4.62. The molecule has 9 heteroatoms. The van der Waals surface area contributed by atoms with Gasteiger partial charge < -0.3 is 15.4 Å². The smallest absolute Gasteiger partial charge is 0.206 e. The normalized spacial score (nSPS) is 16.7. The maximum Gasteiger partial charge on any atom is 0.206 e. The Bertz CT molecular complexity index is 817. The molecule has 1 aliphatic heterocycles. The van der Waals surface area contributed by atoms with E-state index in [-0.39, 0.29) is 0 Å². The lowest BCUT2D eigenvalue weighted by Crippen LogP contribution is -2.18. The molecule has 0 spiro atoms. The van der Waals surface area contributed by atoms with Gasteiger partial charge in [-0.15, -0.1) is 21.5 Å². The Morgan fingerprint density at radius 1 is 1.19 bits per heavy atom. The van der Waals surface area contributed by atoms with Gasteiger partial charge in [-0.1, -0.05) is 41.3 Å². The van der Waals surface area contributed by atoms with Gasteiger partial charge in [0.1, 0.15) is 0 Å². The molecule has 1 aromatic carbocycles. The van der Waals surface area contributed by atoms with Crippen molar-refractivity contribution in [3.8, 4) is 0 Å². The number of thioether (sulfide) groups is 1. The summed E-state index contributed by atoms with van der Waals surface area (Å²) in [6, 6.07) is 10.1. The highest BCUT2D eigenvalue weighted by Gasteiger charge is 2.16. The summed E-state index contributed by atoms with van der Waals surface area (Å²) in [6.07, 6.45) is 2.58. The molecule has 2 aromatic heterocycles. The van der Waals surface area contributed by atoms with E-state index in [4.69, 9.17) is 4.74 Å². The molecule has 2 N–H and O–H groups in total. The molecule has 0 bridgehead atoms. The summed E-state index contributed by atoms with van der Waals surface area (Å²) < 4.78 is 6.56. The first-order chi connectivity index (χ1) is 12.8. The van der Waals surface area contributed by atoms with E-state index in [0.29, 0.717) is 6.10 Å². The van der Waals surface area contributed by atoms with Crippen LogP contribution in [0.25, 0.3) is 0 Å². The SMILES string of the molecule is c1ccc(Nc2nc(CSc3nnc(NCC4CCCO4)s3)cs2)cc1. The Labute approximate surface area is 164 Å². The van der Waals surface area contributed by atoms with Crippen molar-refractivity contribution >= 4 is 50.4 Å². The van der Waals surface area contributed by atoms with Crippen LogP contribution in [-0.4, -0.2) is 34.4 Å². The molecule has 3 heterocycles. The Morgan fingerprint density at radius 2 is 2.12 bits per heavy atom. The number of hydrogen-bond donors (Lipinski definition) is 2. The second-order valence-corrected chi connectivity index (χ2v) is 8.87. The Hall–Kier alpha value is -1.68. The Balaban J connectivity index is 1.25. The molecule has 0 aliphatic carbocycles. The number of nitrogens with one attached hydrogen (secondary N) is 2. The van der Waals surface area contributed by atoms with Crippen LogP contribution in [0.15, 0.2) is 40.1 Å². The molecule has 3 aromatic rings. The van der Waals surface area contributed by atoms with Crippen LogP contribution in [0.5, 0.6) is 0 Å². The fourth-order valence-corrected chi connectivity index (χ4v) is 5.04. The van der Waals surface area contributed by atoms with Crippen LogP contribution in [0.4, 0.5) is 16.0 Å². The molecule has 6 nitrogen and oxygen atoms in total. The first-order valence-corrected chi connectivity index (χ1v) is 11.1. The van der Waals surface area contributed by atoms with Crippen molar-refractivity contribution in [2.75, 3.05) is 23.8 Å². The van der Waals surface area contributed by atoms with E-state index in [0.717, 1.165) is 57.7 Å². The fraction of sp³-hybridized carbons (Fsp3) is 0.353. The molecular weight excluding hydrogens is 386 g/mol. The molecule has 0 saturated carbocycles. The zero-order chi connectivity index (χ0) is 17.6. The second-order valence-electron chi connectivity index (χ2n) is 5.81. The van der Waals surface area contributed by atoms with Gasteiger partial charge in [-0.05, 0) is 25.0 Å². The maximum atomic E-state index is 5.61. The number of anilines is 3. The molecule has 4 rings (SSSR count). The van der Waals surface area contributed by atoms with Crippen LogP contribution in [-0.2, 0) is 10.5 Å². The van der Waals surface area contributed by atoms with E-state index < -0.39 is 0 Å². The van der Waals surface area contributed by atoms with Gasteiger partial charge in [0.15, 0.2) is 9.47 Å². The minimum atomic E-state index is 0.306. The van der Waals surface area contributed by atoms with Crippen LogP contribution in [0.1, 0.15) is 18.5 Å². The van der Waals surface area contributed by atoms with Crippen LogP contribution in [0.2, 0.25) is 0 Å². The number of aromatic nitrogens is 3. The summed E-state index contributed by atoms with van der Waals surface area (Å²) in [4.78, 5) is 4.63. The van der Waals surface area contributed by atoms with Gasteiger partial charge in [-0.25, -0.2) is 4.98 Å². The number of nitrogens with zero attached hydrogens (tertiary/aromatic N) is 3. The molecule has 136 valence electrons. The number of benzene rings is 1. The third-order valence-electron chi connectivity index (χ3n) is 3.83. The quantitative estimate of drug-likeness (QED) is 0.530. The highest BCUT2D eigenvalue weighted by atomic mass is 32.2. The van der Waals surface area contributed by atoms with E-state index in [9.17, 15) is 0 Å². The maximum absolute atomic E-state index is 5.61. The standard InChI is InChI=1S/C17H19N5OS3/c1-2-5-12(6-3-1)19-16-20-13(10-24-16)11-25-17-22-21-15(26-17)18-9-14-7-4-8-23-14/h1-3,5-6,10,14H,4,7-9,11H2,(H,18,21)(H,19,20). The van der Waals surface area contributed by atoms with Crippen LogP contribution < -0.4 is 10.6 Å². The summed E-state index contributed by atoms with van der Waals surface area (Å²) in [5.74, 6) is 0.785. The second kappa shape index (κ2) is 8.81. The number of rotatable bonds is 8.